The van der Waals surface area contributed by atoms with Crippen LogP contribution >= 0.6 is 15.9 Å². The van der Waals surface area contributed by atoms with E-state index in [9.17, 15) is 14.0 Å². The van der Waals surface area contributed by atoms with Crippen molar-refractivity contribution in [1.29, 1.82) is 0 Å². The zero-order valence-corrected chi connectivity index (χ0v) is 21.8. The van der Waals surface area contributed by atoms with E-state index in [0.717, 1.165) is 20.9 Å². The van der Waals surface area contributed by atoms with Crippen LogP contribution in [0.1, 0.15) is 24.4 Å². The second-order valence-corrected chi connectivity index (χ2v) is 10.0. The van der Waals surface area contributed by atoms with Crippen molar-refractivity contribution in [2.45, 2.75) is 25.7 Å². The third kappa shape index (κ3) is 4.57. The van der Waals surface area contributed by atoms with Crippen LogP contribution in [-0.2, 0) is 20.7 Å². The van der Waals surface area contributed by atoms with Crippen LogP contribution in [0.15, 0.2) is 76.2 Å². The molecule has 6 rings (SSSR count). The Hall–Kier alpha value is -4.02. The van der Waals surface area contributed by atoms with Crippen LogP contribution in [0.3, 0.4) is 0 Å². The molecule has 0 aliphatic carbocycles. The molecule has 0 bridgehead atoms. The lowest BCUT2D eigenvalue weighted by atomic mass is 10.1. The Morgan fingerprint density at radius 3 is 2.53 bits per heavy atom. The normalized spacial score (nSPS) is 18.4. The standard InChI is InChI=1S/C28H21BrFN5O3/c1-16-27(37)34(13-12-17-2-3-19-15-24(36)31-23(19)14-17)28(38-16)26-25(18-4-8-21(30)9-5-18)32-35(33-26)22-10-6-20(29)7-11-22/h2-11,14-16,28H,12-13H2,1H3. The number of nitrogens with zero attached hydrogens (tertiary/aromatic N) is 5. The fourth-order valence-electron chi connectivity index (χ4n) is 4.60. The zero-order chi connectivity index (χ0) is 26.4. The third-order valence-electron chi connectivity index (χ3n) is 6.54. The van der Waals surface area contributed by atoms with Gasteiger partial charge in [0.05, 0.1) is 11.0 Å². The van der Waals surface area contributed by atoms with Crippen molar-refractivity contribution < 1.29 is 18.7 Å². The summed E-state index contributed by atoms with van der Waals surface area (Å²) in [5.74, 6) is -0.789. The topological polar surface area (TPSA) is 89.7 Å². The maximum absolute atomic E-state index is 13.7. The Balaban J connectivity index is 1.36. The highest BCUT2D eigenvalue weighted by Gasteiger charge is 2.41. The van der Waals surface area contributed by atoms with Crippen molar-refractivity contribution in [1.82, 2.24) is 19.9 Å². The van der Waals surface area contributed by atoms with Gasteiger partial charge in [0.2, 0.25) is 0 Å². The van der Waals surface area contributed by atoms with Gasteiger partial charge >= 0.3 is 0 Å². The summed E-state index contributed by atoms with van der Waals surface area (Å²) in [6.07, 6.45) is 0.583. The van der Waals surface area contributed by atoms with Crippen molar-refractivity contribution in [2.24, 2.45) is 4.99 Å². The summed E-state index contributed by atoms with van der Waals surface area (Å²) in [6.45, 7) is 2.07. The van der Waals surface area contributed by atoms with E-state index in [1.807, 2.05) is 42.5 Å². The number of halogens is 2. The maximum Gasteiger partial charge on any atom is 0.270 e. The Morgan fingerprint density at radius 2 is 1.76 bits per heavy atom. The molecule has 38 heavy (non-hydrogen) atoms. The number of amides is 2. The summed E-state index contributed by atoms with van der Waals surface area (Å²) in [5.41, 5.74) is 3.27. The first kappa shape index (κ1) is 24.3. The molecule has 2 aliphatic rings. The molecule has 1 fully saturated rings. The minimum absolute atomic E-state index is 0.160. The Bertz CT molecular complexity index is 1690. The average molecular weight is 574 g/mol. The number of ether oxygens (including phenoxy) is 1. The number of aromatic nitrogens is 3. The molecule has 1 saturated heterocycles. The molecule has 0 radical (unpaired) electrons. The molecule has 8 nitrogen and oxygen atoms in total. The van der Waals surface area contributed by atoms with E-state index in [0.29, 0.717) is 35.3 Å². The van der Waals surface area contributed by atoms with Gasteiger partial charge in [0.25, 0.3) is 11.8 Å². The molecule has 3 aromatic carbocycles. The SMILES string of the molecule is CC1OC(c2nn(-c3ccc(Br)cc3)nc2-c2ccc(F)cc2)N(CCc2ccc3c(c2)=NC(=O)C=3)C1=O. The van der Waals surface area contributed by atoms with Gasteiger partial charge in [-0.15, -0.1) is 10.2 Å². The summed E-state index contributed by atoms with van der Waals surface area (Å²) >= 11 is 3.44. The molecule has 0 saturated carbocycles. The highest BCUT2D eigenvalue weighted by molar-refractivity contribution is 9.10. The smallest absolute Gasteiger partial charge is 0.270 e. The van der Waals surface area contributed by atoms with Gasteiger partial charge in [0, 0.05) is 27.9 Å². The highest BCUT2D eigenvalue weighted by atomic mass is 79.9. The fourth-order valence-corrected chi connectivity index (χ4v) is 4.86. The first-order valence-electron chi connectivity index (χ1n) is 12.0. The van der Waals surface area contributed by atoms with Crippen molar-refractivity contribution in [3.63, 3.8) is 0 Å². The van der Waals surface area contributed by atoms with Gasteiger partial charge in [-0.2, -0.15) is 4.80 Å². The second-order valence-electron chi connectivity index (χ2n) is 9.11. The van der Waals surface area contributed by atoms with Crippen LogP contribution in [0.4, 0.5) is 4.39 Å². The predicted octanol–water partition coefficient (Wildman–Crippen LogP) is 3.26. The summed E-state index contributed by atoms with van der Waals surface area (Å²) in [6, 6.07) is 19.1. The monoisotopic (exact) mass is 573 g/mol. The molecule has 0 N–H and O–H groups in total. The lowest BCUT2D eigenvalue weighted by Crippen LogP contribution is -2.33. The van der Waals surface area contributed by atoms with Gasteiger partial charge in [-0.1, -0.05) is 28.1 Å². The van der Waals surface area contributed by atoms with Crippen molar-refractivity contribution >= 4 is 33.8 Å². The first-order valence-corrected chi connectivity index (χ1v) is 12.8. The number of fused-ring (bicyclic) bond motifs is 1. The number of carbonyl (C=O) groups is 2. The summed E-state index contributed by atoms with van der Waals surface area (Å²) in [4.78, 5) is 31.9. The lowest BCUT2D eigenvalue weighted by Gasteiger charge is -2.22. The number of hydrogen-bond donors (Lipinski definition) is 0. The quantitative estimate of drug-likeness (QED) is 0.353. The van der Waals surface area contributed by atoms with Gasteiger partial charge in [-0.25, -0.2) is 9.38 Å². The molecule has 0 spiro atoms. The Morgan fingerprint density at radius 1 is 1.00 bits per heavy atom. The van der Waals surface area contributed by atoms with E-state index in [-0.39, 0.29) is 17.6 Å². The summed E-state index contributed by atoms with van der Waals surface area (Å²) in [5, 5.41) is 10.9. The zero-order valence-electron chi connectivity index (χ0n) is 20.2. The molecule has 2 atom stereocenters. The van der Waals surface area contributed by atoms with E-state index >= 15 is 0 Å². The highest BCUT2D eigenvalue weighted by Crippen LogP contribution is 2.36. The first-order chi connectivity index (χ1) is 18.4. The third-order valence-corrected chi connectivity index (χ3v) is 7.07. The minimum atomic E-state index is -0.782. The van der Waals surface area contributed by atoms with E-state index in [1.54, 1.807) is 24.0 Å². The summed E-state index contributed by atoms with van der Waals surface area (Å²) < 4.78 is 20.7. The molecule has 10 heteroatoms. The molecular weight excluding hydrogens is 553 g/mol. The van der Waals surface area contributed by atoms with Gasteiger partial charge in [0.15, 0.2) is 6.23 Å². The van der Waals surface area contributed by atoms with Crippen LogP contribution in [-0.4, -0.2) is 44.4 Å². The van der Waals surface area contributed by atoms with Crippen molar-refractivity contribution in [3.8, 4) is 16.9 Å². The predicted molar refractivity (Wildman–Crippen MR) is 140 cm³/mol. The van der Waals surface area contributed by atoms with Gasteiger partial charge < -0.3 is 9.64 Å². The fraction of sp³-hybridized carbons (Fsp3) is 0.179. The van der Waals surface area contributed by atoms with Gasteiger partial charge in [-0.05, 0) is 73.5 Å². The number of carbonyl (C=O) groups excluding carboxylic acids is 2. The van der Waals surface area contributed by atoms with Crippen LogP contribution < -0.4 is 10.6 Å². The minimum Gasteiger partial charge on any atom is -0.339 e. The average Bonchev–Trinajstić information content (AvgIpc) is 3.58. The number of benzene rings is 3. The van der Waals surface area contributed by atoms with E-state index in [4.69, 9.17) is 14.9 Å². The largest absolute Gasteiger partial charge is 0.339 e. The van der Waals surface area contributed by atoms with Crippen LogP contribution in [0, 0.1) is 5.82 Å². The van der Waals surface area contributed by atoms with Crippen molar-refractivity contribution in [2.75, 3.05) is 6.54 Å². The maximum atomic E-state index is 13.7. The second kappa shape index (κ2) is 9.70. The Kier molecular flexibility index (Phi) is 6.21. The lowest BCUT2D eigenvalue weighted by molar-refractivity contribution is -0.130. The number of rotatable bonds is 6. The molecule has 190 valence electrons. The summed E-state index contributed by atoms with van der Waals surface area (Å²) in [7, 11) is 0. The molecular formula is C28H21BrFN5O3. The molecule has 2 unspecified atom stereocenters. The van der Waals surface area contributed by atoms with Crippen molar-refractivity contribution in [3.05, 3.63) is 98.9 Å². The van der Waals surface area contributed by atoms with E-state index in [1.165, 1.54) is 23.0 Å². The van der Waals surface area contributed by atoms with Gasteiger partial charge in [0.1, 0.15) is 23.3 Å². The van der Waals surface area contributed by atoms with Crippen LogP contribution in [0.2, 0.25) is 0 Å². The molecule has 4 aromatic rings. The van der Waals surface area contributed by atoms with Crippen LogP contribution in [0.25, 0.3) is 23.0 Å². The van der Waals surface area contributed by atoms with E-state index in [2.05, 4.69) is 20.9 Å². The van der Waals surface area contributed by atoms with Crippen LogP contribution in [0.5, 0.6) is 0 Å². The molecule has 2 aliphatic heterocycles. The van der Waals surface area contributed by atoms with E-state index < -0.39 is 12.3 Å². The molecule has 3 heterocycles. The Labute approximate surface area is 225 Å². The molecule has 2 amide bonds. The number of hydrogen-bond acceptors (Lipinski definition) is 5. The van der Waals surface area contributed by atoms with Gasteiger partial charge in [-0.3, -0.25) is 9.59 Å². The molecule has 1 aromatic heterocycles.